The van der Waals surface area contributed by atoms with Crippen molar-refractivity contribution in [3.8, 4) is 5.75 Å². The summed E-state index contributed by atoms with van der Waals surface area (Å²) in [6, 6.07) is 9.96. The van der Waals surface area contributed by atoms with Gasteiger partial charge in [-0.2, -0.15) is 0 Å². The molecule has 7 nitrogen and oxygen atoms in total. The zero-order valence-electron chi connectivity index (χ0n) is 15.4. The molecule has 3 heterocycles. The van der Waals surface area contributed by atoms with Crippen LogP contribution in [0.1, 0.15) is 28.2 Å². The molecular weight excluding hydrogens is 374 g/mol. The standard InChI is InChI=1S/C20H23N5O2S/c21-12-4-7-25(8-5-12)14-9-15(27-11-13-3-1-2-6-24-13)17-16(10-14)28-19(18(17)22)20(23)26/h1-3,6,9-10,12H,4-5,7-8,11,21-22H2,(H2,23,26). The van der Waals surface area contributed by atoms with Crippen molar-refractivity contribution in [3.63, 3.8) is 0 Å². The van der Waals surface area contributed by atoms with Crippen LogP contribution in [0.2, 0.25) is 0 Å². The zero-order valence-corrected chi connectivity index (χ0v) is 16.2. The molecular formula is C20H23N5O2S. The van der Waals surface area contributed by atoms with Gasteiger partial charge in [0.05, 0.1) is 16.8 Å². The summed E-state index contributed by atoms with van der Waals surface area (Å²) < 4.78 is 6.98. The first-order valence-corrected chi connectivity index (χ1v) is 10.0. The second kappa shape index (κ2) is 7.65. The van der Waals surface area contributed by atoms with Crippen molar-refractivity contribution < 1.29 is 9.53 Å². The Bertz CT molecular complexity index is 997. The van der Waals surface area contributed by atoms with Gasteiger partial charge in [-0.1, -0.05) is 6.07 Å². The molecule has 8 heteroatoms. The average molecular weight is 398 g/mol. The van der Waals surface area contributed by atoms with Gasteiger partial charge in [0, 0.05) is 41.8 Å². The summed E-state index contributed by atoms with van der Waals surface area (Å²) in [5, 5.41) is 0.729. The molecule has 146 valence electrons. The van der Waals surface area contributed by atoms with Crippen molar-refractivity contribution in [3.05, 3.63) is 47.1 Å². The second-order valence-electron chi connectivity index (χ2n) is 6.96. The van der Waals surface area contributed by atoms with Crippen molar-refractivity contribution in [2.45, 2.75) is 25.5 Å². The number of fused-ring (bicyclic) bond motifs is 1. The van der Waals surface area contributed by atoms with E-state index in [-0.39, 0.29) is 6.04 Å². The molecule has 3 aromatic rings. The Balaban J connectivity index is 1.74. The van der Waals surface area contributed by atoms with Crippen LogP contribution in [0.3, 0.4) is 0 Å². The van der Waals surface area contributed by atoms with Crippen LogP contribution in [-0.2, 0) is 6.61 Å². The van der Waals surface area contributed by atoms with Crippen LogP contribution in [0.15, 0.2) is 36.5 Å². The van der Waals surface area contributed by atoms with Crippen molar-refractivity contribution >= 4 is 38.7 Å². The lowest BCUT2D eigenvalue weighted by molar-refractivity contribution is 0.100. The van der Waals surface area contributed by atoms with Crippen LogP contribution in [0.5, 0.6) is 5.75 Å². The van der Waals surface area contributed by atoms with Crippen LogP contribution in [-0.4, -0.2) is 30.0 Å². The smallest absolute Gasteiger partial charge is 0.260 e. The Hall–Kier alpha value is -2.84. The molecule has 1 aromatic carbocycles. The lowest BCUT2D eigenvalue weighted by Crippen LogP contribution is -2.39. The first-order valence-electron chi connectivity index (χ1n) is 9.22. The number of hydrogen-bond donors (Lipinski definition) is 3. The van der Waals surface area contributed by atoms with Crippen molar-refractivity contribution in [1.82, 2.24) is 4.98 Å². The van der Waals surface area contributed by atoms with Gasteiger partial charge in [-0.15, -0.1) is 11.3 Å². The van der Waals surface area contributed by atoms with Gasteiger partial charge in [-0.05, 0) is 31.0 Å². The van der Waals surface area contributed by atoms with Gasteiger partial charge >= 0.3 is 0 Å². The number of nitrogens with zero attached hydrogens (tertiary/aromatic N) is 2. The minimum absolute atomic E-state index is 0.249. The Morgan fingerprint density at radius 3 is 2.75 bits per heavy atom. The van der Waals surface area contributed by atoms with E-state index in [0.29, 0.717) is 22.9 Å². The number of amides is 1. The van der Waals surface area contributed by atoms with Crippen LogP contribution >= 0.6 is 11.3 Å². The number of hydrogen-bond acceptors (Lipinski definition) is 7. The van der Waals surface area contributed by atoms with E-state index in [2.05, 4.69) is 9.88 Å². The molecule has 0 unspecified atom stereocenters. The minimum Gasteiger partial charge on any atom is -0.486 e. The molecule has 1 aliphatic rings. The van der Waals surface area contributed by atoms with E-state index >= 15 is 0 Å². The van der Waals surface area contributed by atoms with E-state index in [1.165, 1.54) is 11.3 Å². The van der Waals surface area contributed by atoms with E-state index in [4.69, 9.17) is 21.9 Å². The third-order valence-electron chi connectivity index (χ3n) is 5.01. The number of thiophene rings is 1. The number of carbonyl (C=O) groups is 1. The quantitative estimate of drug-likeness (QED) is 0.608. The number of aromatic nitrogens is 1. The predicted molar refractivity (Wildman–Crippen MR) is 113 cm³/mol. The second-order valence-corrected chi connectivity index (χ2v) is 8.01. The Labute approximate surface area is 167 Å². The van der Waals surface area contributed by atoms with E-state index < -0.39 is 5.91 Å². The summed E-state index contributed by atoms with van der Waals surface area (Å²) in [5.74, 6) is 0.106. The fourth-order valence-electron chi connectivity index (χ4n) is 3.47. The topological polar surface area (TPSA) is 120 Å². The van der Waals surface area contributed by atoms with Crippen molar-refractivity contribution in [2.24, 2.45) is 11.5 Å². The number of nitrogen functional groups attached to an aromatic ring is 1. The highest BCUT2D eigenvalue weighted by Gasteiger charge is 2.22. The summed E-state index contributed by atoms with van der Waals surface area (Å²) in [6.07, 6.45) is 3.62. The van der Waals surface area contributed by atoms with Gasteiger partial charge in [-0.3, -0.25) is 9.78 Å². The molecule has 4 rings (SSSR count). The molecule has 6 N–H and O–H groups in total. The molecule has 0 radical (unpaired) electrons. The molecule has 1 fully saturated rings. The number of rotatable bonds is 5. The van der Waals surface area contributed by atoms with Gasteiger partial charge in [0.15, 0.2) is 0 Å². The van der Waals surface area contributed by atoms with Crippen LogP contribution in [0.25, 0.3) is 10.1 Å². The maximum Gasteiger partial charge on any atom is 0.260 e. The third-order valence-corrected chi connectivity index (χ3v) is 6.17. The van der Waals surface area contributed by atoms with E-state index in [1.807, 2.05) is 30.3 Å². The monoisotopic (exact) mass is 397 g/mol. The third kappa shape index (κ3) is 3.61. The number of primary amides is 1. The number of pyridine rings is 1. The first-order chi connectivity index (χ1) is 13.5. The van der Waals surface area contributed by atoms with Gasteiger partial charge in [0.1, 0.15) is 17.2 Å². The normalized spacial score (nSPS) is 15.1. The predicted octanol–water partition coefficient (Wildman–Crippen LogP) is 2.48. The number of benzene rings is 1. The lowest BCUT2D eigenvalue weighted by atomic mass is 10.0. The number of carbonyl (C=O) groups excluding carboxylic acids is 1. The summed E-state index contributed by atoms with van der Waals surface area (Å²) >= 11 is 1.30. The lowest BCUT2D eigenvalue weighted by Gasteiger charge is -2.32. The highest BCUT2D eigenvalue weighted by Crippen LogP contribution is 2.43. The first kappa shape index (κ1) is 18.5. The van der Waals surface area contributed by atoms with Crippen LogP contribution in [0, 0.1) is 0 Å². The summed E-state index contributed by atoms with van der Waals surface area (Å²) in [6.45, 7) is 2.08. The number of anilines is 2. The SMILES string of the molecule is NC(=O)c1sc2cc(N3CCC(N)CC3)cc(OCc3ccccn3)c2c1N. The molecule has 1 amide bonds. The zero-order chi connectivity index (χ0) is 19.7. The Kier molecular flexibility index (Phi) is 5.06. The van der Waals surface area contributed by atoms with Crippen molar-refractivity contribution in [1.29, 1.82) is 0 Å². The molecule has 28 heavy (non-hydrogen) atoms. The Morgan fingerprint density at radius 2 is 2.07 bits per heavy atom. The highest BCUT2D eigenvalue weighted by molar-refractivity contribution is 7.21. The van der Waals surface area contributed by atoms with Crippen molar-refractivity contribution in [2.75, 3.05) is 23.7 Å². The molecule has 0 saturated carbocycles. The van der Waals surface area contributed by atoms with Crippen LogP contribution < -0.4 is 26.8 Å². The number of piperidine rings is 1. The Morgan fingerprint density at radius 1 is 1.29 bits per heavy atom. The molecule has 0 aliphatic carbocycles. The maximum absolute atomic E-state index is 11.8. The van der Waals surface area contributed by atoms with E-state index in [9.17, 15) is 4.79 Å². The molecule has 0 bridgehead atoms. The summed E-state index contributed by atoms with van der Waals surface area (Å²) in [4.78, 5) is 18.7. The van der Waals surface area contributed by atoms with E-state index in [1.54, 1.807) is 6.20 Å². The molecule has 0 atom stereocenters. The summed E-state index contributed by atoms with van der Waals surface area (Å²) in [7, 11) is 0. The fraction of sp³-hybridized carbons (Fsp3) is 0.300. The van der Waals surface area contributed by atoms with Gasteiger partial charge in [0.25, 0.3) is 5.91 Å². The fourth-order valence-corrected chi connectivity index (χ4v) is 4.50. The summed E-state index contributed by atoms with van der Waals surface area (Å²) in [5.41, 5.74) is 20.0. The van der Waals surface area contributed by atoms with Gasteiger partial charge < -0.3 is 26.8 Å². The number of ether oxygens (including phenoxy) is 1. The largest absolute Gasteiger partial charge is 0.486 e. The van der Waals surface area contributed by atoms with Gasteiger partial charge in [-0.25, -0.2) is 0 Å². The molecule has 1 aliphatic heterocycles. The molecule has 1 saturated heterocycles. The average Bonchev–Trinajstić information content (AvgIpc) is 3.04. The van der Waals surface area contributed by atoms with E-state index in [0.717, 1.165) is 47.4 Å². The van der Waals surface area contributed by atoms with Crippen LogP contribution in [0.4, 0.5) is 11.4 Å². The minimum atomic E-state index is -0.528. The number of nitrogens with two attached hydrogens (primary N) is 3. The molecule has 0 spiro atoms. The maximum atomic E-state index is 11.8. The molecule has 2 aromatic heterocycles. The van der Waals surface area contributed by atoms with Gasteiger partial charge in [0.2, 0.25) is 0 Å². The highest BCUT2D eigenvalue weighted by atomic mass is 32.1.